The molecule has 4 aliphatic heterocycles. The number of ether oxygens (including phenoxy) is 2. The van der Waals surface area contributed by atoms with Crippen molar-refractivity contribution in [1.82, 2.24) is 4.90 Å². The number of carbonyl (C=O) groups excluding carboxylic acids is 3. The zero-order valence-corrected chi connectivity index (χ0v) is 23.8. The largest absolute Gasteiger partial charge is 0.497 e. The third kappa shape index (κ3) is 4.70. The molecular weight excluding hydrogens is 534 g/mol. The number of para-hydroxylation sites is 1. The van der Waals surface area contributed by atoms with Gasteiger partial charge in [0.1, 0.15) is 17.4 Å². The summed E-state index contributed by atoms with van der Waals surface area (Å²) in [6, 6.07) is 15.8. The summed E-state index contributed by atoms with van der Waals surface area (Å²) in [4.78, 5) is 48.1. The first-order valence-electron chi connectivity index (χ1n) is 14.8. The number of rotatable bonds is 9. The minimum atomic E-state index is -1.27. The van der Waals surface area contributed by atoms with Crippen LogP contribution in [0.15, 0.2) is 78.9 Å². The molecule has 220 valence electrons. The molecule has 2 aromatic carbocycles. The molecule has 1 spiro atoms. The number of hydrogen-bond acceptors (Lipinski definition) is 6. The predicted octanol–water partition coefficient (Wildman–Crippen LogP) is 3.33. The number of methoxy groups -OCH3 is 1. The van der Waals surface area contributed by atoms with Crippen molar-refractivity contribution < 1.29 is 29.0 Å². The van der Waals surface area contributed by atoms with Gasteiger partial charge in [-0.3, -0.25) is 14.4 Å². The topological polar surface area (TPSA) is 99.6 Å². The monoisotopic (exact) mass is 571 g/mol. The number of aliphatic hydroxyl groups excluding tert-OH is 1. The van der Waals surface area contributed by atoms with Crippen molar-refractivity contribution in [1.29, 1.82) is 0 Å². The molecule has 4 aliphatic rings. The van der Waals surface area contributed by atoms with Gasteiger partial charge in [0.05, 0.1) is 25.0 Å². The minimum absolute atomic E-state index is 0.126. The molecule has 3 amide bonds. The molecule has 2 fully saturated rings. The van der Waals surface area contributed by atoms with Crippen LogP contribution in [0, 0.1) is 11.8 Å². The van der Waals surface area contributed by atoms with E-state index >= 15 is 0 Å². The van der Waals surface area contributed by atoms with Gasteiger partial charge in [-0.25, -0.2) is 0 Å². The summed E-state index contributed by atoms with van der Waals surface area (Å²) < 4.78 is 12.1. The van der Waals surface area contributed by atoms with Crippen LogP contribution in [-0.4, -0.2) is 78.8 Å². The Kier molecular flexibility index (Phi) is 7.88. The molecule has 2 saturated heterocycles. The first kappa shape index (κ1) is 28.2. The first-order valence-corrected chi connectivity index (χ1v) is 14.8. The predicted molar refractivity (Wildman–Crippen MR) is 158 cm³/mol. The van der Waals surface area contributed by atoms with Crippen LogP contribution in [0.1, 0.15) is 25.7 Å². The van der Waals surface area contributed by atoms with Crippen molar-refractivity contribution in [3.63, 3.8) is 0 Å². The van der Waals surface area contributed by atoms with Gasteiger partial charge in [-0.1, -0.05) is 55.3 Å². The lowest BCUT2D eigenvalue weighted by Crippen LogP contribution is -2.55. The number of likely N-dealkylation sites (tertiary alicyclic amines) is 1. The zero-order valence-electron chi connectivity index (χ0n) is 23.8. The molecule has 1 unspecified atom stereocenters. The van der Waals surface area contributed by atoms with Crippen molar-refractivity contribution in [2.75, 3.05) is 43.2 Å². The third-order valence-electron chi connectivity index (χ3n) is 8.92. The van der Waals surface area contributed by atoms with E-state index in [9.17, 15) is 19.5 Å². The van der Waals surface area contributed by atoms with Crippen LogP contribution in [0.25, 0.3) is 0 Å². The Hall–Kier alpha value is -3.95. The summed E-state index contributed by atoms with van der Waals surface area (Å²) in [5.74, 6) is -1.54. The summed E-state index contributed by atoms with van der Waals surface area (Å²) in [5.41, 5.74) is 0.185. The quantitative estimate of drug-likeness (QED) is 0.366. The molecule has 9 nitrogen and oxygen atoms in total. The molecule has 1 N–H and O–H groups in total. The SMILES string of the molecule is COc1ccc(N2CC=C[C@]34O[C@@H]5C=CCN(c6ccccc6)C(=O)[C@@H]5[C@H]3C(=O)N(CCCCCCO)C4C2=O)cc1. The van der Waals surface area contributed by atoms with Gasteiger partial charge in [0.25, 0.3) is 5.91 Å². The van der Waals surface area contributed by atoms with E-state index in [-0.39, 0.29) is 24.3 Å². The lowest BCUT2D eigenvalue weighted by molar-refractivity contribution is -0.140. The van der Waals surface area contributed by atoms with Crippen LogP contribution in [0.4, 0.5) is 11.4 Å². The lowest BCUT2D eigenvalue weighted by atomic mass is 9.77. The average molecular weight is 572 g/mol. The number of amides is 3. The molecule has 0 radical (unpaired) electrons. The molecule has 4 heterocycles. The van der Waals surface area contributed by atoms with Crippen LogP contribution >= 0.6 is 0 Å². The highest BCUT2D eigenvalue weighted by Gasteiger charge is 2.71. The summed E-state index contributed by atoms with van der Waals surface area (Å²) >= 11 is 0. The number of unbranched alkanes of at least 4 members (excludes halogenated alkanes) is 3. The minimum Gasteiger partial charge on any atom is -0.497 e. The fourth-order valence-corrected chi connectivity index (χ4v) is 6.96. The van der Waals surface area contributed by atoms with Gasteiger partial charge in [0, 0.05) is 37.6 Å². The van der Waals surface area contributed by atoms with E-state index in [1.165, 1.54) is 0 Å². The van der Waals surface area contributed by atoms with Crippen molar-refractivity contribution in [2.45, 2.75) is 43.4 Å². The number of aliphatic hydroxyl groups is 1. The van der Waals surface area contributed by atoms with Gasteiger partial charge in [0.15, 0.2) is 0 Å². The molecule has 42 heavy (non-hydrogen) atoms. The van der Waals surface area contributed by atoms with Crippen molar-refractivity contribution in [2.24, 2.45) is 11.8 Å². The molecule has 0 aliphatic carbocycles. The fourth-order valence-electron chi connectivity index (χ4n) is 6.96. The van der Waals surface area contributed by atoms with Crippen LogP contribution in [0.5, 0.6) is 5.75 Å². The van der Waals surface area contributed by atoms with E-state index < -0.39 is 29.6 Å². The van der Waals surface area contributed by atoms with E-state index in [1.807, 2.05) is 66.8 Å². The highest BCUT2D eigenvalue weighted by molar-refractivity contribution is 6.07. The second-order valence-corrected chi connectivity index (χ2v) is 11.3. The van der Waals surface area contributed by atoms with Gasteiger partial charge in [-0.2, -0.15) is 0 Å². The number of carbonyl (C=O) groups is 3. The van der Waals surface area contributed by atoms with Gasteiger partial charge in [-0.15, -0.1) is 0 Å². The molecular formula is C33H37N3O6. The molecule has 9 heteroatoms. The molecule has 0 bridgehead atoms. The van der Waals surface area contributed by atoms with Crippen LogP contribution in [0.3, 0.4) is 0 Å². The normalized spacial score (nSPS) is 28.4. The number of fused-ring (bicyclic) bond motifs is 2. The van der Waals surface area contributed by atoms with Gasteiger partial charge >= 0.3 is 0 Å². The van der Waals surface area contributed by atoms with E-state index in [0.717, 1.165) is 18.5 Å². The van der Waals surface area contributed by atoms with Crippen molar-refractivity contribution >= 4 is 29.1 Å². The molecule has 2 aromatic rings. The second-order valence-electron chi connectivity index (χ2n) is 11.3. The van der Waals surface area contributed by atoms with E-state index in [2.05, 4.69) is 0 Å². The van der Waals surface area contributed by atoms with Gasteiger partial charge in [-0.05, 0) is 49.2 Å². The van der Waals surface area contributed by atoms with E-state index in [0.29, 0.717) is 43.9 Å². The molecule has 6 rings (SSSR count). The lowest BCUT2D eigenvalue weighted by Gasteiger charge is -2.35. The maximum Gasteiger partial charge on any atom is 0.253 e. The number of nitrogens with zero attached hydrogens (tertiary/aromatic N) is 3. The Morgan fingerprint density at radius 3 is 2.29 bits per heavy atom. The summed E-state index contributed by atoms with van der Waals surface area (Å²) in [6.07, 6.45) is 9.96. The smallest absolute Gasteiger partial charge is 0.253 e. The first-order chi connectivity index (χ1) is 20.5. The summed E-state index contributed by atoms with van der Waals surface area (Å²) in [7, 11) is 1.59. The Labute approximate surface area is 246 Å². The second kappa shape index (κ2) is 11.7. The van der Waals surface area contributed by atoms with Crippen LogP contribution in [-0.2, 0) is 19.1 Å². The fraction of sp³-hybridized carbons (Fsp3) is 0.424. The Bertz CT molecular complexity index is 1380. The summed E-state index contributed by atoms with van der Waals surface area (Å²) in [6.45, 7) is 1.19. The Morgan fingerprint density at radius 2 is 1.55 bits per heavy atom. The number of benzene rings is 2. The molecule has 0 aromatic heterocycles. The van der Waals surface area contributed by atoms with Crippen LogP contribution in [0.2, 0.25) is 0 Å². The standard InChI is InChI=1S/C33H37N3O6/c1-41-25-16-14-24(15-17-25)35-21-10-18-33-28(31(39)36(29(33)32(35)40)19-7-2-3-8-22-37)27-26(42-33)13-9-20-34(30(27)38)23-11-5-4-6-12-23/h4-6,9-18,26-29,37H,2-3,7-8,19-22H2,1H3/t26-,27+,28+,29?,33+/m1/s1. The highest BCUT2D eigenvalue weighted by Crippen LogP contribution is 2.54. The van der Waals surface area contributed by atoms with E-state index in [4.69, 9.17) is 9.47 Å². The van der Waals surface area contributed by atoms with E-state index in [1.54, 1.807) is 33.9 Å². The Morgan fingerprint density at radius 1 is 0.857 bits per heavy atom. The molecule has 0 saturated carbocycles. The van der Waals surface area contributed by atoms with Crippen LogP contribution < -0.4 is 14.5 Å². The Balaban J connectivity index is 1.38. The summed E-state index contributed by atoms with van der Waals surface area (Å²) in [5, 5.41) is 9.19. The maximum absolute atomic E-state index is 14.5. The highest BCUT2D eigenvalue weighted by atomic mass is 16.5. The zero-order chi connectivity index (χ0) is 29.3. The van der Waals surface area contributed by atoms with Crippen molar-refractivity contribution in [3.05, 3.63) is 78.9 Å². The third-order valence-corrected chi connectivity index (χ3v) is 8.92. The average Bonchev–Trinajstić information content (AvgIpc) is 3.32. The van der Waals surface area contributed by atoms with Crippen molar-refractivity contribution in [3.8, 4) is 5.75 Å². The van der Waals surface area contributed by atoms with Gasteiger partial charge < -0.3 is 29.3 Å². The van der Waals surface area contributed by atoms with Gasteiger partial charge in [0.2, 0.25) is 11.8 Å². The number of anilines is 2. The molecule has 5 atom stereocenters. The maximum atomic E-state index is 14.5. The number of hydrogen-bond donors (Lipinski definition) is 1.